The number of halogens is 6. The Balaban J connectivity index is 3.12. The van der Waals surface area contributed by atoms with Crippen LogP contribution in [0.2, 0.25) is 0 Å². The molecule has 0 fully saturated rings. The van der Waals surface area contributed by atoms with Gasteiger partial charge in [-0.1, -0.05) is 15.9 Å². The molecule has 128 valence electrons. The van der Waals surface area contributed by atoms with Crippen LogP contribution in [0.3, 0.4) is 0 Å². The third-order valence-corrected chi connectivity index (χ3v) is 3.72. The van der Waals surface area contributed by atoms with Crippen LogP contribution in [0.25, 0.3) is 0 Å². The molecule has 1 amide bonds. The Morgan fingerprint density at radius 3 is 2.39 bits per heavy atom. The van der Waals surface area contributed by atoms with E-state index < -0.39 is 40.5 Å². The average molecular weight is 423 g/mol. The maximum atomic E-state index is 13.6. The summed E-state index contributed by atoms with van der Waals surface area (Å²) in [5.74, 6) is -4.78. The van der Waals surface area contributed by atoms with Crippen LogP contribution in [-0.4, -0.2) is 41.2 Å². The fraction of sp³-hybridized carbons (Fsp3) is 0.333. The average Bonchev–Trinajstić information content (AvgIpc) is 2.46. The molecule has 23 heavy (non-hydrogen) atoms. The summed E-state index contributed by atoms with van der Waals surface area (Å²) < 4.78 is 56.5. The van der Waals surface area contributed by atoms with Crippen molar-refractivity contribution in [3.05, 3.63) is 28.5 Å². The van der Waals surface area contributed by atoms with E-state index in [2.05, 4.69) is 20.7 Å². The first kappa shape index (κ1) is 19.7. The minimum atomic E-state index is -5.60. The minimum Gasteiger partial charge on any atom is -0.467 e. The molecule has 2 atom stereocenters. The van der Waals surface area contributed by atoms with Crippen molar-refractivity contribution in [2.45, 2.75) is 17.2 Å². The number of hydrogen-bond acceptors (Lipinski definition) is 4. The lowest BCUT2D eigenvalue weighted by Crippen LogP contribution is -2.62. The molecule has 0 spiro atoms. The van der Waals surface area contributed by atoms with Gasteiger partial charge in [-0.05, 0) is 18.2 Å². The SMILES string of the molecule is COC(=O)[C@@](O)([C@@H](Cl)C(=O)Nc1ccc(Br)cc1F)C(F)(F)F. The van der Waals surface area contributed by atoms with E-state index in [4.69, 9.17) is 11.6 Å². The number of amides is 1. The summed E-state index contributed by atoms with van der Waals surface area (Å²) in [4.78, 5) is 23.0. The predicted molar refractivity (Wildman–Crippen MR) is 75.4 cm³/mol. The predicted octanol–water partition coefficient (Wildman–Crippen LogP) is 2.60. The summed E-state index contributed by atoms with van der Waals surface area (Å²) in [5.41, 5.74) is -4.78. The molecule has 0 saturated carbocycles. The number of alkyl halides is 4. The largest absolute Gasteiger partial charge is 0.467 e. The second-order valence-electron chi connectivity index (χ2n) is 4.23. The van der Waals surface area contributed by atoms with Gasteiger partial charge in [0, 0.05) is 4.47 Å². The van der Waals surface area contributed by atoms with Crippen LogP contribution >= 0.6 is 27.5 Å². The maximum absolute atomic E-state index is 13.6. The lowest BCUT2D eigenvalue weighted by atomic mass is 9.98. The number of carbonyl (C=O) groups excluding carboxylic acids is 2. The highest BCUT2D eigenvalue weighted by atomic mass is 79.9. The number of hydrogen-bond donors (Lipinski definition) is 2. The van der Waals surface area contributed by atoms with Crippen molar-refractivity contribution >= 4 is 45.1 Å². The molecular weight excluding hydrogens is 413 g/mol. The molecule has 0 radical (unpaired) electrons. The second-order valence-corrected chi connectivity index (χ2v) is 5.58. The summed E-state index contributed by atoms with van der Waals surface area (Å²) in [6, 6.07) is 3.29. The molecular formula is C12H9BrClF4NO4. The number of rotatable bonds is 4. The van der Waals surface area contributed by atoms with Crippen LogP contribution < -0.4 is 5.32 Å². The number of nitrogens with one attached hydrogen (secondary N) is 1. The van der Waals surface area contributed by atoms with Crippen LogP contribution in [0.1, 0.15) is 0 Å². The van der Waals surface area contributed by atoms with Gasteiger partial charge in [-0.25, -0.2) is 9.18 Å². The first-order valence-corrected chi connectivity index (χ1v) is 6.95. The van der Waals surface area contributed by atoms with Crippen LogP contribution in [0.15, 0.2) is 22.7 Å². The number of carbonyl (C=O) groups is 2. The lowest BCUT2D eigenvalue weighted by Gasteiger charge is -2.30. The third-order valence-electron chi connectivity index (χ3n) is 2.71. The van der Waals surface area contributed by atoms with Crippen molar-refractivity contribution in [3.63, 3.8) is 0 Å². The monoisotopic (exact) mass is 421 g/mol. The summed E-state index contributed by atoms with van der Waals surface area (Å²) in [5, 5.41) is 8.51. The van der Waals surface area contributed by atoms with E-state index in [1.54, 1.807) is 5.32 Å². The molecule has 0 heterocycles. The van der Waals surface area contributed by atoms with Gasteiger partial charge in [-0.3, -0.25) is 4.79 Å². The normalized spacial score (nSPS) is 15.5. The van der Waals surface area contributed by atoms with Gasteiger partial charge in [0.05, 0.1) is 12.8 Å². The molecule has 0 aromatic heterocycles. The first-order chi connectivity index (χ1) is 10.4. The Morgan fingerprint density at radius 1 is 1.39 bits per heavy atom. The Kier molecular flexibility index (Phi) is 6.00. The zero-order chi connectivity index (χ0) is 18.0. The van der Waals surface area contributed by atoms with E-state index in [9.17, 15) is 32.3 Å². The fourth-order valence-corrected chi connectivity index (χ4v) is 2.10. The molecule has 0 aliphatic carbocycles. The van der Waals surface area contributed by atoms with Crippen molar-refractivity contribution < 1.29 is 37.0 Å². The van der Waals surface area contributed by atoms with Gasteiger partial charge in [0.15, 0.2) is 5.38 Å². The molecule has 0 aliphatic rings. The number of esters is 1. The molecule has 1 rings (SSSR count). The summed E-state index contributed by atoms with van der Waals surface area (Å²) in [6.45, 7) is 0. The van der Waals surface area contributed by atoms with Crippen LogP contribution in [0, 0.1) is 5.82 Å². The van der Waals surface area contributed by atoms with Gasteiger partial charge < -0.3 is 15.2 Å². The van der Waals surface area contributed by atoms with E-state index in [0.717, 1.165) is 12.1 Å². The van der Waals surface area contributed by atoms with Crippen LogP contribution in [0.5, 0.6) is 0 Å². The highest BCUT2D eigenvalue weighted by Gasteiger charge is 2.67. The van der Waals surface area contributed by atoms with E-state index >= 15 is 0 Å². The van der Waals surface area contributed by atoms with E-state index in [-0.39, 0.29) is 0 Å². The van der Waals surface area contributed by atoms with Gasteiger partial charge in [-0.2, -0.15) is 13.2 Å². The molecule has 0 bridgehead atoms. The molecule has 5 nitrogen and oxygen atoms in total. The number of benzene rings is 1. The number of methoxy groups -OCH3 is 1. The standard InChI is InChI=1S/C12H9BrClF4NO4/c1-23-10(21)11(22,12(16,17)18)8(14)9(20)19-7-3-2-5(13)4-6(7)15/h2-4,8,22H,1H3,(H,19,20)/t8-,11-/m0/s1. The molecule has 11 heteroatoms. The molecule has 0 saturated heterocycles. The molecule has 0 unspecified atom stereocenters. The topological polar surface area (TPSA) is 75.6 Å². The zero-order valence-electron chi connectivity index (χ0n) is 11.2. The molecule has 1 aromatic carbocycles. The summed E-state index contributed by atoms with van der Waals surface area (Å²) in [6.07, 6.45) is -5.60. The highest BCUT2D eigenvalue weighted by Crippen LogP contribution is 2.37. The van der Waals surface area contributed by atoms with Crippen molar-refractivity contribution in [1.82, 2.24) is 0 Å². The van der Waals surface area contributed by atoms with E-state index in [1.807, 2.05) is 0 Å². The Morgan fingerprint density at radius 2 is 1.96 bits per heavy atom. The third kappa shape index (κ3) is 3.93. The van der Waals surface area contributed by atoms with E-state index in [0.29, 0.717) is 11.6 Å². The van der Waals surface area contributed by atoms with Gasteiger partial charge in [0.1, 0.15) is 5.82 Å². The van der Waals surface area contributed by atoms with E-state index in [1.165, 1.54) is 6.07 Å². The molecule has 0 aliphatic heterocycles. The van der Waals surface area contributed by atoms with Gasteiger partial charge in [0.2, 0.25) is 5.91 Å². The van der Waals surface area contributed by atoms with Crippen LogP contribution in [-0.2, 0) is 14.3 Å². The summed E-state index contributed by atoms with van der Waals surface area (Å²) in [7, 11) is 0.578. The smallest absolute Gasteiger partial charge is 0.430 e. The summed E-state index contributed by atoms with van der Waals surface area (Å²) >= 11 is 8.26. The Bertz CT molecular complexity index is 628. The van der Waals surface area contributed by atoms with Crippen molar-refractivity contribution in [2.75, 3.05) is 12.4 Å². The number of ether oxygens (including phenoxy) is 1. The van der Waals surface area contributed by atoms with Crippen molar-refractivity contribution in [3.8, 4) is 0 Å². The Hall–Kier alpha value is -1.39. The van der Waals surface area contributed by atoms with Gasteiger partial charge in [0.25, 0.3) is 5.60 Å². The number of aliphatic hydroxyl groups is 1. The minimum absolute atomic E-state index is 0.316. The number of anilines is 1. The lowest BCUT2D eigenvalue weighted by molar-refractivity contribution is -0.260. The maximum Gasteiger partial charge on any atom is 0.430 e. The zero-order valence-corrected chi connectivity index (χ0v) is 13.6. The van der Waals surface area contributed by atoms with Gasteiger partial charge >= 0.3 is 12.1 Å². The van der Waals surface area contributed by atoms with Crippen LogP contribution in [0.4, 0.5) is 23.2 Å². The van der Waals surface area contributed by atoms with Gasteiger partial charge in [-0.15, -0.1) is 11.6 Å². The van der Waals surface area contributed by atoms with Crippen molar-refractivity contribution in [2.24, 2.45) is 0 Å². The quantitative estimate of drug-likeness (QED) is 0.444. The highest BCUT2D eigenvalue weighted by molar-refractivity contribution is 9.10. The van der Waals surface area contributed by atoms with Crippen molar-refractivity contribution in [1.29, 1.82) is 0 Å². The second kappa shape index (κ2) is 7.02. The first-order valence-electron chi connectivity index (χ1n) is 5.72. The molecule has 1 aromatic rings. The molecule has 2 N–H and O–H groups in total. The fourth-order valence-electron chi connectivity index (χ4n) is 1.50. The Labute approximate surface area is 140 Å².